The lowest BCUT2D eigenvalue weighted by Crippen LogP contribution is -2.48. The molecule has 1 aromatic heterocycles. The van der Waals surface area contributed by atoms with Crippen LogP contribution in [-0.2, 0) is 4.74 Å². The first kappa shape index (κ1) is 10.6. The molecule has 1 atom stereocenters. The zero-order valence-electron chi connectivity index (χ0n) is 8.28. The highest BCUT2D eigenvalue weighted by atomic mass is 16.5. The Morgan fingerprint density at radius 1 is 1.40 bits per heavy atom. The molecular weight excluding hydrogens is 199 g/mol. The fourth-order valence-corrected chi connectivity index (χ4v) is 1.64. The van der Waals surface area contributed by atoms with Crippen molar-refractivity contribution in [3.63, 3.8) is 0 Å². The van der Waals surface area contributed by atoms with Crippen LogP contribution in [0.3, 0.4) is 0 Å². The van der Waals surface area contributed by atoms with Gasteiger partial charge in [-0.1, -0.05) is 5.46 Å². The Labute approximate surface area is 87.1 Å². The predicted octanol–water partition coefficient (Wildman–Crippen LogP) is -1.29. The first-order chi connectivity index (χ1) is 7.07. The second kappa shape index (κ2) is 3.94. The third-order valence-corrected chi connectivity index (χ3v) is 2.52. The Morgan fingerprint density at radius 3 is 2.73 bits per heavy atom. The number of rotatable bonds is 2. The minimum Gasteiger partial charge on any atom is -0.556 e. The molecule has 3 N–H and O–H groups in total. The van der Waals surface area contributed by atoms with Gasteiger partial charge in [0.15, 0.2) is 0 Å². The number of nitrogens with zero attached hydrogens (tertiary/aromatic N) is 2. The molecular formula is C8H14BN2O4-. The maximum absolute atomic E-state index is 8.98. The van der Waals surface area contributed by atoms with Crippen LogP contribution in [-0.4, -0.2) is 38.2 Å². The van der Waals surface area contributed by atoms with Crippen LogP contribution in [0.5, 0.6) is 0 Å². The monoisotopic (exact) mass is 213 g/mol. The average Bonchev–Trinajstić information content (AvgIpc) is 2.67. The van der Waals surface area contributed by atoms with Gasteiger partial charge in [-0.05, 0) is 19.3 Å². The molecule has 84 valence electrons. The van der Waals surface area contributed by atoms with Crippen LogP contribution in [0.1, 0.15) is 25.5 Å². The number of hydrogen-bond acceptors (Lipinski definition) is 5. The van der Waals surface area contributed by atoms with Crippen molar-refractivity contribution in [3.8, 4) is 0 Å². The van der Waals surface area contributed by atoms with Crippen LogP contribution in [0.25, 0.3) is 0 Å². The second-order valence-corrected chi connectivity index (χ2v) is 3.81. The van der Waals surface area contributed by atoms with E-state index in [2.05, 4.69) is 5.10 Å². The molecule has 15 heavy (non-hydrogen) atoms. The van der Waals surface area contributed by atoms with Gasteiger partial charge in [0.1, 0.15) is 6.23 Å². The minimum absolute atomic E-state index is 0.00386. The van der Waals surface area contributed by atoms with Gasteiger partial charge in [-0.15, -0.1) is 0 Å². The van der Waals surface area contributed by atoms with Crippen LogP contribution < -0.4 is 5.46 Å². The molecule has 1 aliphatic rings. The highest BCUT2D eigenvalue weighted by Gasteiger charge is 2.22. The van der Waals surface area contributed by atoms with Gasteiger partial charge in [-0.25, -0.2) is 4.68 Å². The molecule has 0 bridgehead atoms. The van der Waals surface area contributed by atoms with Gasteiger partial charge >= 0.3 is 6.75 Å². The van der Waals surface area contributed by atoms with Gasteiger partial charge in [0, 0.05) is 19.0 Å². The van der Waals surface area contributed by atoms with E-state index in [9.17, 15) is 0 Å². The van der Waals surface area contributed by atoms with Crippen molar-refractivity contribution in [1.82, 2.24) is 9.78 Å². The van der Waals surface area contributed by atoms with E-state index < -0.39 is 6.75 Å². The molecule has 0 saturated carbocycles. The van der Waals surface area contributed by atoms with Crippen molar-refractivity contribution < 1.29 is 19.8 Å². The van der Waals surface area contributed by atoms with Crippen molar-refractivity contribution in [2.75, 3.05) is 6.61 Å². The molecule has 1 saturated heterocycles. The van der Waals surface area contributed by atoms with E-state index in [-0.39, 0.29) is 11.7 Å². The SMILES string of the molecule is O[B-](O)(O)c1cnn([C@H]2CCCCO2)c1. The largest absolute Gasteiger partial charge is 0.556 e. The highest BCUT2D eigenvalue weighted by Crippen LogP contribution is 2.20. The third-order valence-electron chi connectivity index (χ3n) is 2.52. The summed E-state index contributed by atoms with van der Waals surface area (Å²) in [6, 6.07) is 0. The summed E-state index contributed by atoms with van der Waals surface area (Å²) < 4.78 is 6.96. The maximum Gasteiger partial charge on any atom is 0.405 e. The average molecular weight is 213 g/mol. The van der Waals surface area contributed by atoms with E-state index in [0.29, 0.717) is 6.61 Å². The molecule has 0 amide bonds. The number of ether oxygens (including phenoxy) is 1. The van der Waals surface area contributed by atoms with Crippen molar-refractivity contribution in [1.29, 1.82) is 0 Å². The lowest BCUT2D eigenvalue weighted by molar-refractivity contribution is -0.0394. The van der Waals surface area contributed by atoms with E-state index in [1.54, 1.807) is 0 Å². The molecule has 1 aliphatic heterocycles. The summed E-state index contributed by atoms with van der Waals surface area (Å²) in [7, 11) is 0. The number of hydrogen-bond donors (Lipinski definition) is 3. The molecule has 6 nitrogen and oxygen atoms in total. The molecule has 0 spiro atoms. The normalized spacial score (nSPS) is 23.0. The Bertz CT molecular complexity index is 330. The smallest absolute Gasteiger partial charge is 0.405 e. The van der Waals surface area contributed by atoms with E-state index in [0.717, 1.165) is 19.3 Å². The van der Waals surface area contributed by atoms with Gasteiger partial charge in [-0.3, -0.25) is 0 Å². The van der Waals surface area contributed by atoms with E-state index >= 15 is 0 Å². The summed E-state index contributed by atoms with van der Waals surface area (Å²) in [4.78, 5) is 0. The number of aromatic nitrogens is 2. The van der Waals surface area contributed by atoms with Crippen molar-refractivity contribution in [3.05, 3.63) is 12.4 Å². The van der Waals surface area contributed by atoms with Crippen LogP contribution in [0, 0.1) is 0 Å². The van der Waals surface area contributed by atoms with Crippen LogP contribution in [0.15, 0.2) is 12.4 Å². The van der Waals surface area contributed by atoms with E-state index in [1.165, 1.54) is 17.1 Å². The zero-order chi connectivity index (χ0) is 10.9. The lowest BCUT2D eigenvalue weighted by Gasteiger charge is -2.23. The van der Waals surface area contributed by atoms with E-state index in [4.69, 9.17) is 19.8 Å². The van der Waals surface area contributed by atoms with E-state index in [1.807, 2.05) is 0 Å². The lowest BCUT2D eigenvalue weighted by atomic mass is 9.73. The maximum atomic E-state index is 8.98. The van der Waals surface area contributed by atoms with Gasteiger partial charge < -0.3 is 19.8 Å². The third kappa shape index (κ3) is 2.38. The fraction of sp³-hybridized carbons (Fsp3) is 0.625. The summed E-state index contributed by atoms with van der Waals surface area (Å²) in [5.74, 6) is 0. The first-order valence-corrected chi connectivity index (χ1v) is 5.05. The fourth-order valence-electron chi connectivity index (χ4n) is 1.64. The molecule has 0 radical (unpaired) electrons. The van der Waals surface area contributed by atoms with Crippen molar-refractivity contribution in [2.45, 2.75) is 25.5 Å². The van der Waals surface area contributed by atoms with Crippen molar-refractivity contribution in [2.24, 2.45) is 0 Å². The molecule has 1 aromatic rings. The second-order valence-electron chi connectivity index (χ2n) is 3.81. The topological polar surface area (TPSA) is 87.7 Å². The summed E-state index contributed by atoms with van der Waals surface area (Å²) >= 11 is 0. The van der Waals surface area contributed by atoms with Gasteiger partial charge in [0.25, 0.3) is 0 Å². The summed E-state index contributed by atoms with van der Waals surface area (Å²) in [5, 5.41) is 30.9. The van der Waals surface area contributed by atoms with Crippen LogP contribution in [0.4, 0.5) is 0 Å². The molecule has 2 heterocycles. The van der Waals surface area contributed by atoms with Crippen LogP contribution in [0.2, 0.25) is 0 Å². The predicted molar refractivity (Wildman–Crippen MR) is 53.1 cm³/mol. The van der Waals surface area contributed by atoms with Gasteiger partial charge in [-0.2, -0.15) is 5.10 Å². The van der Waals surface area contributed by atoms with Crippen LogP contribution >= 0.6 is 0 Å². The summed E-state index contributed by atoms with van der Waals surface area (Å²) in [6.45, 7) is -2.76. The summed E-state index contributed by atoms with van der Waals surface area (Å²) in [5.41, 5.74) is 0.00386. The molecule has 7 heteroatoms. The highest BCUT2D eigenvalue weighted by molar-refractivity contribution is 6.71. The molecule has 1 fully saturated rings. The summed E-state index contributed by atoms with van der Waals surface area (Å²) in [6.07, 6.45) is 5.43. The first-order valence-electron chi connectivity index (χ1n) is 5.05. The molecule has 2 rings (SSSR count). The Morgan fingerprint density at radius 2 is 2.20 bits per heavy atom. The standard InChI is InChI=1S/C8H14BN2O4/c12-9(13,14)7-5-10-11(6-7)8-3-1-2-4-15-8/h5-6,8,12-14H,1-4H2/q-1/t8-/m1/s1. The zero-order valence-corrected chi connectivity index (χ0v) is 8.28. The van der Waals surface area contributed by atoms with Gasteiger partial charge in [0.05, 0.1) is 0 Å². The van der Waals surface area contributed by atoms with Crippen molar-refractivity contribution >= 4 is 12.2 Å². The molecule has 0 aliphatic carbocycles. The molecule has 0 unspecified atom stereocenters. The minimum atomic E-state index is -3.45. The van der Waals surface area contributed by atoms with Gasteiger partial charge in [0.2, 0.25) is 0 Å². The quantitative estimate of drug-likeness (QED) is 0.531. The Balaban J connectivity index is 2.12. The Hall–Kier alpha value is -0.885. The Kier molecular flexibility index (Phi) is 2.79. The molecule has 0 aromatic carbocycles.